The summed E-state index contributed by atoms with van der Waals surface area (Å²) < 4.78 is 12.8. The number of carbonyl (C=O) groups excluding carboxylic acids is 2. The molecule has 14 nitrogen and oxygen atoms in total. The molecule has 52 heavy (non-hydrogen) atoms. The van der Waals surface area contributed by atoms with E-state index in [0.29, 0.717) is 54.4 Å². The van der Waals surface area contributed by atoms with Gasteiger partial charge in [-0.1, -0.05) is 36.4 Å². The highest BCUT2D eigenvalue weighted by atomic mass is 16.5. The van der Waals surface area contributed by atoms with Crippen molar-refractivity contribution in [1.82, 2.24) is 25.4 Å². The molecule has 2 aliphatic rings. The van der Waals surface area contributed by atoms with E-state index in [4.69, 9.17) is 14.9 Å². The Bertz CT molecular complexity index is 2110. The van der Waals surface area contributed by atoms with Crippen LogP contribution in [0, 0.1) is 0 Å². The average Bonchev–Trinajstić information content (AvgIpc) is 3.49. The first-order valence-electron chi connectivity index (χ1n) is 17.6. The molecule has 0 spiro atoms. The van der Waals surface area contributed by atoms with Gasteiger partial charge in [0.2, 0.25) is 11.8 Å². The molecule has 5 aromatic rings. The van der Waals surface area contributed by atoms with Crippen LogP contribution in [0.5, 0.6) is 5.75 Å². The quantitative estimate of drug-likeness (QED) is 0.104. The average molecular weight is 707 g/mol. The molecule has 0 aliphatic carbocycles. The summed E-state index contributed by atoms with van der Waals surface area (Å²) in [5.74, 6) is -0.877. The van der Waals surface area contributed by atoms with Crippen LogP contribution in [0.2, 0.25) is 0 Å². The first-order chi connectivity index (χ1) is 25.4. The summed E-state index contributed by atoms with van der Waals surface area (Å²) in [6.45, 7) is 5.80. The minimum atomic E-state index is -0.762. The number of nitrogens with two attached hydrogens (primary N) is 1. The molecule has 2 saturated heterocycles. The monoisotopic (exact) mass is 706 g/mol. The maximum Gasteiger partial charge on any atom is 0.420 e. The van der Waals surface area contributed by atoms with E-state index in [-0.39, 0.29) is 24.5 Å². The number of amides is 2. The summed E-state index contributed by atoms with van der Waals surface area (Å²) in [5.41, 5.74) is 12.5. The lowest BCUT2D eigenvalue weighted by molar-refractivity contribution is -0.135. The van der Waals surface area contributed by atoms with Crippen molar-refractivity contribution in [3.05, 3.63) is 94.5 Å². The third-order valence-electron chi connectivity index (χ3n) is 9.63. The summed E-state index contributed by atoms with van der Waals surface area (Å²) in [6.07, 6.45) is 1.85. The standard InChI is InChI=1S/C38H42N8O6/c39-36-32(23-29(42-43-36)28-7-1-2-9-33(28)47)45-19-17-44(18-20-45)27-12-10-25(11-13-27)24-40-16-22-51-21-4-6-26-5-3-8-30-35(26)52-38(50)46(30)31-14-15-34(48)41-37(31)49/h1-3,5,7-13,23,31,40,47H,4,6,14-22,24H2,(H2,39,43)(H,41,48,49). The van der Waals surface area contributed by atoms with Crippen molar-refractivity contribution in [1.29, 1.82) is 0 Å². The number of fused-ring (bicyclic) bond motifs is 1. The minimum absolute atomic E-state index is 0.156. The number of para-hydroxylation sites is 2. The van der Waals surface area contributed by atoms with E-state index >= 15 is 0 Å². The first-order valence-corrected chi connectivity index (χ1v) is 17.6. The number of anilines is 3. The molecule has 2 amide bonds. The number of ether oxygens (including phenoxy) is 1. The molecule has 7 rings (SSSR count). The Kier molecular flexibility index (Phi) is 10.5. The molecule has 2 aliphatic heterocycles. The molecule has 2 fully saturated rings. The molecule has 2 aromatic heterocycles. The number of aromatic nitrogens is 3. The number of carbonyl (C=O) groups is 2. The van der Waals surface area contributed by atoms with Crippen LogP contribution in [-0.2, 0) is 27.3 Å². The molecule has 0 bridgehead atoms. The number of imide groups is 1. The second kappa shape index (κ2) is 15.7. The van der Waals surface area contributed by atoms with Crippen molar-refractivity contribution in [3.63, 3.8) is 0 Å². The van der Waals surface area contributed by atoms with E-state index in [1.165, 1.54) is 15.8 Å². The summed E-state index contributed by atoms with van der Waals surface area (Å²) in [4.78, 5) is 41.2. The number of aromatic hydroxyl groups is 1. The number of hydrogen-bond donors (Lipinski definition) is 4. The van der Waals surface area contributed by atoms with Crippen molar-refractivity contribution in [2.75, 3.05) is 61.5 Å². The summed E-state index contributed by atoms with van der Waals surface area (Å²) in [7, 11) is 0. The molecule has 0 radical (unpaired) electrons. The van der Waals surface area contributed by atoms with Crippen LogP contribution in [-0.4, -0.2) is 77.6 Å². The predicted octanol–water partition coefficient (Wildman–Crippen LogP) is 3.38. The number of nitrogen functional groups attached to an aromatic ring is 1. The number of piperazine rings is 1. The van der Waals surface area contributed by atoms with Crippen molar-refractivity contribution in [2.24, 2.45) is 0 Å². The van der Waals surface area contributed by atoms with Crippen LogP contribution >= 0.6 is 0 Å². The van der Waals surface area contributed by atoms with Gasteiger partial charge >= 0.3 is 5.76 Å². The molecule has 0 saturated carbocycles. The van der Waals surface area contributed by atoms with Crippen LogP contribution < -0.4 is 31.9 Å². The maximum absolute atomic E-state index is 12.7. The lowest BCUT2D eigenvalue weighted by atomic mass is 10.0. The topological polar surface area (TPSA) is 181 Å². The number of piperidine rings is 1. The third-order valence-corrected chi connectivity index (χ3v) is 9.63. The van der Waals surface area contributed by atoms with Gasteiger partial charge in [-0.25, -0.2) is 4.79 Å². The zero-order valence-electron chi connectivity index (χ0n) is 28.8. The van der Waals surface area contributed by atoms with E-state index in [1.54, 1.807) is 18.2 Å². The Morgan fingerprint density at radius 2 is 1.73 bits per heavy atom. The number of oxazole rings is 1. The van der Waals surface area contributed by atoms with E-state index in [9.17, 15) is 19.5 Å². The smallest absolute Gasteiger partial charge is 0.420 e. The van der Waals surface area contributed by atoms with E-state index in [1.807, 2.05) is 30.3 Å². The molecule has 270 valence electrons. The Morgan fingerprint density at radius 3 is 2.52 bits per heavy atom. The first kappa shape index (κ1) is 34.7. The summed E-state index contributed by atoms with van der Waals surface area (Å²) in [5, 5.41) is 24.4. The second-order valence-electron chi connectivity index (χ2n) is 13.0. The molecule has 3 aromatic carbocycles. The van der Waals surface area contributed by atoms with Crippen LogP contribution in [0.25, 0.3) is 22.4 Å². The van der Waals surface area contributed by atoms with Crippen LogP contribution in [0.1, 0.15) is 36.4 Å². The highest BCUT2D eigenvalue weighted by Gasteiger charge is 2.31. The minimum Gasteiger partial charge on any atom is -0.507 e. The summed E-state index contributed by atoms with van der Waals surface area (Å²) in [6, 6.07) is 22.3. The van der Waals surface area contributed by atoms with Gasteiger partial charge in [-0.15, -0.1) is 10.2 Å². The van der Waals surface area contributed by atoms with Gasteiger partial charge in [-0.05, 0) is 66.8 Å². The molecular weight excluding hydrogens is 664 g/mol. The predicted molar refractivity (Wildman–Crippen MR) is 197 cm³/mol. The third kappa shape index (κ3) is 7.62. The number of hydrogen-bond acceptors (Lipinski definition) is 12. The lowest BCUT2D eigenvalue weighted by Gasteiger charge is -2.37. The number of nitrogens with one attached hydrogen (secondary N) is 2. The molecular formula is C38H42N8O6. The molecule has 1 unspecified atom stereocenters. The van der Waals surface area contributed by atoms with E-state index < -0.39 is 17.7 Å². The molecule has 5 N–H and O–H groups in total. The van der Waals surface area contributed by atoms with Crippen molar-refractivity contribution in [2.45, 2.75) is 38.3 Å². The Labute approximate surface area is 300 Å². The number of benzene rings is 3. The fourth-order valence-electron chi connectivity index (χ4n) is 6.87. The molecule has 14 heteroatoms. The van der Waals surface area contributed by atoms with Gasteiger partial charge in [0, 0.05) is 63.5 Å². The number of nitrogens with zero attached hydrogens (tertiary/aromatic N) is 5. The SMILES string of the molecule is Nc1nnc(-c2ccccc2O)cc1N1CCN(c2ccc(CNCCOCCCc3cccc4c3oc(=O)n4C3CCC(=O)NC3=O)cc2)CC1. The van der Waals surface area contributed by atoms with Gasteiger partial charge in [-0.2, -0.15) is 0 Å². The molecule has 4 heterocycles. The Hall–Kier alpha value is -5.73. The van der Waals surface area contributed by atoms with Crippen LogP contribution in [0.3, 0.4) is 0 Å². The second-order valence-corrected chi connectivity index (χ2v) is 13.0. The fraction of sp³-hybridized carbons (Fsp3) is 0.342. The highest BCUT2D eigenvalue weighted by Crippen LogP contribution is 2.32. The lowest BCUT2D eigenvalue weighted by Crippen LogP contribution is -2.46. The van der Waals surface area contributed by atoms with Gasteiger partial charge in [0.05, 0.1) is 23.5 Å². The number of aryl methyl sites for hydroxylation is 1. The largest absolute Gasteiger partial charge is 0.507 e. The van der Waals surface area contributed by atoms with Gasteiger partial charge < -0.3 is 35.1 Å². The van der Waals surface area contributed by atoms with Crippen LogP contribution in [0.15, 0.2) is 82.0 Å². The van der Waals surface area contributed by atoms with Crippen LogP contribution in [0.4, 0.5) is 17.2 Å². The van der Waals surface area contributed by atoms with Gasteiger partial charge in [0.25, 0.3) is 0 Å². The number of phenolic OH excluding ortho intramolecular Hbond substituents is 1. The summed E-state index contributed by atoms with van der Waals surface area (Å²) >= 11 is 0. The number of rotatable bonds is 13. The fourth-order valence-corrected chi connectivity index (χ4v) is 6.87. The van der Waals surface area contributed by atoms with E-state index in [0.717, 1.165) is 50.4 Å². The Balaban J connectivity index is 0.819. The van der Waals surface area contributed by atoms with Gasteiger partial charge in [0.15, 0.2) is 11.4 Å². The number of phenols is 1. The van der Waals surface area contributed by atoms with Gasteiger partial charge in [-0.3, -0.25) is 19.5 Å². The van der Waals surface area contributed by atoms with Crippen molar-refractivity contribution in [3.8, 4) is 17.0 Å². The normalized spacial score (nSPS) is 16.4. The van der Waals surface area contributed by atoms with Crippen molar-refractivity contribution < 1.29 is 23.8 Å². The highest BCUT2D eigenvalue weighted by molar-refractivity contribution is 6.00. The van der Waals surface area contributed by atoms with Crippen molar-refractivity contribution >= 4 is 40.1 Å². The maximum atomic E-state index is 12.7. The zero-order chi connectivity index (χ0) is 36.0. The van der Waals surface area contributed by atoms with Gasteiger partial charge in [0.1, 0.15) is 11.8 Å². The molecule has 1 atom stereocenters. The zero-order valence-corrected chi connectivity index (χ0v) is 28.8. The van der Waals surface area contributed by atoms with E-state index in [2.05, 4.69) is 54.9 Å². The Morgan fingerprint density at radius 1 is 0.942 bits per heavy atom.